The zero-order valence-electron chi connectivity index (χ0n) is 31.4. The normalized spacial score (nSPS) is 18.2. The number of allylic oxidation sites excluding steroid dienone is 4. The number of unbranched alkanes of at least 4 members (excludes halogenated alkanes) is 24. The molecule has 0 N–H and O–H groups in total. The zero-order chi connectivity index (χ0) is 32.5. The first-order valence-electron chi connectivity index (χ1n) is 20.4. The minimum absolute atomic E-state index is 0.275. The molecule has 3 nitrogen and oxygen atoms in total. The average Bonchev–Trinajstić information content (AvgIpc) is 3.32. The van der Waals surface area contributed by atoms with Crippen LogP contribution in [0.4, 0.5) is 0 Å². The van der Waals surface area contributed by atoms with Crippen LogP contribution in [0.2, 0.25) is 0 Å². The van der Waals surface area contributed by atoms with E-state index in [-0.39, 0.29) is 12.2 Å². The molecule has 0 spiro atoms. The number of nitrogens with zero attached hydrogens (tertiary/aromatic N) is 1. The van der Waals surface area contributed by atoms with Gasteiger partial charge < -0.3 is 14.0 Å². The van der Waals surface area contributed by atoms with Gasteiger partial charge in [-0.2, -0.15) is 0 Å². The minimum atomic E-state index is 0.275. The largest absolute Gasteiger partial charge is 0.369 e. The van der Waals surface area contributed by atoms with E-state index in [1.165, 1.54) is 180 Å². The van der Waals surface area contributed by atoms with Crippen molar-refractivity contribution >= 4 is 0 Å². The number of likely N-dealkylation sites (N-methyl/N-ethyl adjacent to an activating group) is 1. The van der Waals surface area contributed by atoms with Gasteiger partial charge in [-0.25, -0.2) is 0 Å². The van der Waals surface area contributed by atoms with E-state index in [2.05, 4.69) is 52.2 Å². The Balaban J connectivity index is 1.93. The van der Waals surface area contributed by atoms with Gasteiger partial charge >= 0.3 is 0 Å². The first-order chi connectivity index (χ1) is 22.1. The predicted octanol–water partition coefficient (Wildman–Crippen LogP) is 12.9. The predicted molar refractivity (Wildman–Crippen MR) is 200 cm³/mol. The molecule has 0 aromatic heterocycles. The third kappa shape index (κ3) is 28.1. The van der Waals surface area contributed by atoms with Crippen molar-refractivity contribution in [1.29, 1.82) is 0 Å². The third-order valence-corrected chi connectivity index (χ3v) is 9.74. The maximum absolute atomic E-state index is 6.40. The molecule has 0 amide bonds. The summed E-state index contributed by atoms with van der Waals surface area (Å²) in [7, 11) is 4.65. The molecule has 1 rings (SSSR count). The van der Waals surface area contributed by atoms with Crippen LogP contribution in [0.3, 0.4) is 0 Å². The van der Waals surface area contributed by atoms with Gasteiger partial charge in [-0.3, -0.25) is 0 Å². The topological polar surface area (TPSA) is 18.5 Å². The number of ether oxygens (including phenoxy) is 2. The molecular weight excluding hydrogens is 550 g/mol. The van der Waals surface area contributed by atoms with E-state index < -0.39 is 0 Å². The average molecular weight is 633 g/mol. The molecule has 1 aliphatic heterocycles. The van der Waals surface area contributed by atoms with Gasteiger partial charge in [0.15, 0.2) is 0 Å². The number of hydrogen-bond donors (Lipinski definition) is 0. The van der Waals surface area contributed by atoms with Gasteiger partial charge in [-0.15, -0.1) is 0 Å². The Bertz CT molecular complexity index is 603. The molecule has 3 heteroatoms. The second kappa shape index (κ2) is 31.9. The highest BCUT2D eigenvalue weighted by Crippen LogP contribution is 2.22. The summed E-state index contributed by atoms with van der Waals surface area (Å²) in [5.41, 5.74) is 0. The van der Waals surface area contributed by atoms with Crippen molar-refractivity contribution in [2.45, 2.75) is 206 Å². The fourth-order valence-corrected chi connectivity index (χ4v) is 6.77. The Morgan fingerprint density at radius 1 is 0.400 bits per heavy atom. The van der Waals surface area contributed by atoms with Crippen LogP contribution in [-0.4, -0.2) is 57.1 Å². The van der Waals surface area contributed by atoms with E-state index >= 15 is 0 Å². The van der Waals surface area contributed by atoms with E-state index in [4.69, 9.17) is 9.47 Å². The first-order valence-corrected chi connectivity index (χ1v) is 20.4. The molecule has 0 bridgehead atoms. The Morgan fingerprint density at radius 3 is 0.978 bits per heavy atom. The monoisotopic (exact) mass is 633 g/mol. The molecule has 1 unspecified atom stereocenters. The van der Waals surface area contributed by atoms with Crippen molar-refractivity contribution in [3.63, 3.8) is 0 Å². The molecule has 0 radical (unpaired) electrons. The summed E-state index contributed by atoms with van der Waals surface area (Å²) in [6.45, 7) is 8.56. The maximum atomic E-state index is 6.40. The molecule has 0 aromatic rings. The lowest BCUT2D eigenvalue weighted by atomic mass is 10.1. The summed E-state index contributed by atoms with van der Waals surface area (Å²) in [4.78, 5) is 0. The van der Waals surface area contributed by atoms with Crippen molar-refractivity contribution < 1.29 is 14.0 Å². The molecule has 0 aliphatic carbocycles. The standard InChI is InChI=1S/C42H82NO2/c1-5-7-9-11-13-15-17-19-21-23-25-27-29-31-33-35-37-44-41-39-43(3,4)40-42(41)45-38-36-34-32-30-28-26-24-22-20-18-16-14-12-10-8-6-2/h19-22,41-42H,5-18,23-40H2,1-4H3/q+1/t41-,42?/m1/s1. The van der Waals surface area contributed by atoms with E-state index in [0.717, 1.165) is 30.8 Å². The molecular formula is C42H82NO2+. The quantitative estimate of drug-likeness (QED) is 0.0399. The molecule has 45 heavy (non-hydrogen) atoms. The van der Waals surface area contributed by atoms with Crippen LogP contribution in [0.5, 0.6) is 0 Å². The Morgan fingerprint density at radius 2 is 0.667 bits per heavy atom. The van der Waals surface area contributed by atoms with Gasteiger partial charge in [-0.1, -0.05) is 154 Å². The van der Waals surface area contributed by atoms with Crippen LogP contribution in [0.25, 0.3) is 0 Å². The van der Waals surface area contributed by atoms with Gasteiger partial charge in [0.05, 0.1) is 14.1 Å². The third-order valence-electron chi connectivity index (χ3n) is 9.74. The number of hydrogen-bond acceptors (Lipinski definition) is 2. The van der Waals surface area contributed by atoms with Gasteiger partial charge in [0.2, 0.25) is 0 Å². The number of likely N-dealkylation sites (tertiary alicyclic amines) is 1. The van der Waals surface area contributed by atoms with Crippen molar-refractivity contribution in [1.82, 2.24) is 0 Å². The van der Waals surface area contributed by atoms with E-state index in [9.17, 15) is 0 Å². The number of rotatable bonds is 34. The van der Waals surface area contributed by atoms with Gasteiger partial charge in [0.25, 0.3) is 0 Å². The Labute approximate surface area is 284 Å². The summed E-state index contributed by atoms with van der Waals surface area (Å²) in [5, 5.41) is 0. The molecule has 1 fully saturated rings. The summed E-state index contributed by atoms with van der Waals surface area (Å²) in [5.74, 6) is 0. The lowest BCUT2D eigenvalue weighted by Gasteiger charge is -2.22. The van der Waals surface area contributed by atoms with Crippen LogP contribution < -0.4 is 0 Å². The molecule has 1 heterocycles. The second-order valence-corrected chi connectivity index (χ2v) is 15.0. The zero-order valence-corrected chi connectivity index (χ0v) is 31.4. The highest BCUT2D eigenvalue weighted by Gasteiger charge is 2.41. The summed E-state index contributed by atoms with van der Waals surface area (Å²) < 4.78 is 13.8. The van der Waals surface area contributed by atoms with E-state index in [1.54, 1.807) is 0 Å². The fraction of sp³-hybridized carbons (Fsp3) is 0.905. The van der Waals surface area contributed by atoms with Crippen molar-refractivity contribution in [3.05, 3.63) is 24.3 Å². The minimum Gasteiger partial charge on any atom is -0.369 e. The summed E-state index contributed by atoms with van der Waals surface area (Å²) >= 11 is 0. The molecule has 1 saturated heterocycles. The highest BCUT2D eigenvalue weighted by atomic mass is 16.5. The van der Waals surface area contributed by atoms with Crippen LogP contribution in [-0.2, 0) is 9.47 Å². The summed E-state index contributed by atoms with van der Waals surface area (Å²) in [6, 6.07) is 0. The molecule has 1 aliphatic rings. The Kier molecular flexibility index (Phi) is 30.1. The van der Waals surface area contributed by atoms with Crippen molar-refractivity contribution in [3.8, 4) is 0 Å². The van der Waals surface area contributed by atoms with Crippen LogP contribution in [0, 0.1) is 0 Å². The maximum Gasteiger partial charge on any atom is 0.138 e. The van der Waals surface area contributed by atoms with Gasteiger partial charge in [0.1, 0.15) is 25.3 Å². The number of quaternary nitrogens is 1. The van der Waals surface area contributed by atoms with E-state index in [1.807, 2.05) is 0 Å². The van der Waals surface area contributed by atoms with Crippen LogP contribution >= 0.6 is 0 Å². The van der Waals surface area contributed by atoms with Gasteiger partial charge in [0, 0.05) is 13.2 Å². The second-order valence-electron chi connectivity index (χ2n) is 15.0. The van der Waals surface area contributed by atoms with Crippen LogP contribution in [0.1, 0.15) is 194 Å². The smallest absolute Gasteiger partial charge is 0.138 e. The SMILES string of the molecule is CCCCCCCCC=CCCCCCCCCOC1C[N+](C)(C)C[C@H]1OCCCCCCCCC=CCCCCCCCC. The van der Waals surface area contributed by atoms with Crippen molar-refractivity contribution in [2.75, 3.05) is 40.4 Å². The van der Waals surface area contributed by atoms with Crippen LogP contribution in [0.15, 0.2) is 24.3 Å². The van der Waals surface area contributed by atoms with Gasteiger partial charge in [-0.05, 0) is 64.2 Å². The first kappa shape index (κ1) is 42.4. The fourth-order valence-electron chi connectivity index (χ4n) is 6.77. The van der Waals surface area contributed by atoms with E-state index in [0.29, 0.717) is 0 Å². The lowest BCUT2D eigenvalue weighted by molar-refractivity contribution is -0.880. The Hall–Kier alpha value is -0.640. The molecule has 0 aromatic carbocycles. The molecule has 0 saturated carbocycles. The van der Waals surface area contributed by atoms with Crippen molar-refractivity contribution in [2.24, 2.45) is 0 Å². The summed E-state index contributed by atoms with van der Waals surface area (Å²) in [6.07, 6.45) is 48.1. The highest BCUT2D eigenvalue weighted by molar-refractivity contribution is 4.82. The molecule has 2 atom stereocenters. The lowest BCUT2D eigenvalue weighted by Crippen LogP contribution is -2.38. The molecule has 266 valence electrons.